The minimum atomic E-state index is -0.621. The Kier molecular flexibility index (Phi) is 4.59. The van der Waals surface area contributed by atoms with Gasteiger partial charge in [-0.05, 0) is 35.7 Å². The van der Waals surface area contributed by atoms with Crippen LogP contribution in [0.2, 0.25) is 5.02 Å². The third kappa shape index (κ3) is 3.16. The highest BCUT2D eigenvalue weighted by atomic mass is 35.5. The quantitative estimate of drug-likeness (QED) is 0.898. The molecule has 2 atom stereocenters. The molecule has 0 saturated heterocycles. The van der Waals surface area contributed by atoms with Gasteiger partial charge in [-0.2, -0.15) is 0 Å². The smallest absolute Gasteiger partial charge is 0.0873 e. The number of rotatable bonds is 4. The van der Waals surface area contributed by atoms with Crippen molar-refractivity contribution < 1.29 is 5.11 Å². The highest BCUT2D eigenvalue weighted by Gasteiger charge is 2.22. The molecule has 2 nitrogen and oxygen atoms in total. The van der Waals surface area contributed by atoms with E-state index in [1.807, 2.05) is 55.5 Å². The first-order valence-electron chi connectivity index (χ1n) is 6.32. The summed E-state index contributed by atoms with van der Waals surface area (Å²) in [7, 11) is 0. The number of aliphatic hydroxyl groups is 1. The van der Waals surface area contributed by atoms with Gasteiger partial charge in [0.2, 0.25) is 0 Å². The zero-order valence-electron chi connectivity index (χ0n) is 10.9. The molecule has 0 aliphatic heterocycles. The van der Waals surface area contributed by atoms with Crippen LogP contribution < -0.4 is 5.73 Å². The Bertz CT molecular complexity index is 556. The van der Waals surface area contributed by atoms with Crippen LogP contribution in [0.4, 0.5) is 0 Å². The third-order valence-electron chi connectivity index (χ3n) is 3.42. The average Bonchev–Trinajstić information content (AvgIpc) is 2.40. The van der Waals surface area contributed by atoms with Crippen LogP contribution in [0.25, 0.3) is 0 Å². The predicted molar refractivity (Wildman–Crippen MR) is 79.4 cm³/mol. The molecule has 0 saturated carbocycles. The van der Waals surface area contributed by atoms with Gasteiger partial charge in [-0.1, -0.05) is 48.0 Å². The largest absolute Gasteiger partial charge is 0.388 e. The molecule has 0 heterocycles. The minimum absolute atomic E-state index is 0.153. The number of hydrogen-bond donors (Lipinski definition) is 2. The molecule has 2 aromatic rings. The second-order valence-electron chi connectivity index (χ2n) is 4.70. The van der Waals surface area contributed by atoms with Crippen molar-refractivity contribution in [1.82, 2.24) is 0 Å². The van der Waals surface area contributed by atoms with Crippen molar-refractivity contribution >= 4 is 11.6 Å². The van der Waals surface area contributed by atoms with Crippen LogP contribution >= 0.6 is 11.6 Å². The average molecular weight is 276 g/mol. The molecule has 2 unspecified atom stereocenters. The maximum absolute atomic E-state index is 10.6. The van der Waals surface area contributed by atoms with E-state index in [-0.39, 0.29) is 5.92 Å². The van der Waals surface area contributed by atoms with Crippen molar-refractivity contribution in [1.29, 1.82) is 0 Å². The fourth-order valence-corrected chi connectivity index (χ4v) is 2.52. The van der Waals surface area contributed by atoms with E-state index in [0.29, 0.717) is 11.6 Å². The Morgan fingerprint density at radius 2 is 1.89 bits per heavy atom. The Hall–Kier alpha value is -1.35. The van der Waals surface area contributed by atoms with Crippen molar-refractivity contribution in [2.75, 3.05) is 6.54 Å². The van der Waals surface area contributed by atoms with Crippen LogP contribution in [0.5, 0.6) is 0 Å². The second-order valence-corrected chi connectivity index (χ2v) is 5.14. The number of hydrogen-bond acceptors (Lipinski definition) is 2. The van der Waals surface area contributed by atoms with E-state index in [1.54, 1.807) is 0 Å². The molecule has 3 heteroatoms. The van der Waals surface area contributed by atoms with Gasteiger partial charge in [0, 0.05) is 17.5 Å². The summed E-state index contributed by atoms with van der Waals surface area (Å²) in [5.74, 6) is -0.153. The Morgan fingerprint density at radius 1 is 1.16 bits per heavy atom. The topological polar surface area (TPSA) is 46.2 Å². The number of nitrogens with two attached hydrogens (primary N) is 1. The van der Waals surface area contributed by atoms with Crippen molar-refractivity contribution in [3.8, 4) is 0 Å². The van der Waals surface area contributed by atoms with Crippen LogP contribution in [-0.4, -0.2) is 11.7 Å². The summed E-state index contributed by atoms with van der Waals surface area (Å²) in [6.45, 7) is 2.36. The first-order valence-corrected chi connectivity index (χ1v) is 6.70. The number of benzene rings is 2. The van der Waals surface area contributed by atoms with Crippen LogP contribution in [-0.2, 0) is 0 Å². The van der Waals surface area contributed by atoms with E-state index in [0.717, 1.165) is 16.7 Å². The van der Waals surface area contributed by atoms with Crippen LogP contribution in [0.3, 0.4) is 0 Å². The predicted octanol–water partition coefficient (Wildman–Crippen LogP) is 3.42. The Morgan fingerprint density at radius 3 is 2.53 bits per heavy atom. The van der Waals surface area contributed by atoms with Gasteiger partial charge in [0.05, 0.1) is 6.10 Å². The highest BCUT2D eigenvalue weighted by Crippen LogP contribution is 2.32. The van der Waals surface area contributed by atoms with Crippen molar-refractivity contribution in [2.45, 2.75) is 18.9 Å². The molecule has 2 rings (SSSR count). The van der Waals surface area contributed by atoms with Crippen molar-refractivity contribution in [3.63, 3.8) is 0 Å². The molecule has 0 bridgehead atoms. The van der Waals surface area contributed by atoms with Gasteiger partial charge in [0.1, 0.15) is 0 Å². The molecule has 0 aliphatic rings. The van der Waals surface area contributed by atoms with Crippen molar-refractivity contribution in [3.05, 3.63) is 70.2 Å². The Balaban J connectivity index is 2.35. The molecular weight excluding hydrogens is 258 g/mol. The van der Waals surface area contributed by atoms with Gasteiger partial charge in [-0.3, -0.25) is 0 Å². The van der Waals surface area contributed by atoms with E-state index >= 15 is 0 Å². The molecule has 3 N–H and O–H groups in total. The molecular formula is C16H18ClNO. The Labute approximate surface area is 118 Å². The zero-order valence-corrected chi connectivity index (χ0v) is 11.6. The lowest BCUT2D eigenvalue weighted by atomic mass is 9.87. The normalized spacial score (nSPS) is 14.1. The van der Waals surface area contributed by atoms with Gasteiger partial charge in [-0.25, -0.2) is 0 Å². The maximum atomic E-state index is 10.6. The van der Waals surface area contributed by atoms with Gasteiger partial charge in [0.15, 0.2) is 0 Å². The number of aliphatic hydroxyl groups excluding tert-OH is 1. The number of aryl methyl sites for hydroxylation is 1. The molecule has 0 aliphatic carbocycles. The molecule has 0 radical (unpaired) electrons. The van der Waals surface area contributed by atoms with Crippen molar-refractivity contribution in [2.24, 2.45) is 5.73 Å². The summed E-state index contributed by atoms with van der Waals surface area (Å²) < 4.78 is 0. The number of halogens is 1. The monoisotopic (exact) mass is 275 g/mol. The summed E-state index contributed by atoms with van der Waals surface area (Å²) in [5, 5.41) is 11.2. The molecule has 0 aromatic heterocycles. The second kappa shape index (κ2) is 6.20. The molecule has 100 valence electrons. The highest BCUT2D eigenvalue weighted by molar-refractivity contribution is 6.30. The zero-order chi connectivity index (χ0) is 13.8. The molecule has 0 fully saturated rings. The van der Waals surface area contributed by atoms with Gasteiger partial charge in [-0.15, -0.1) is 0 Å². The summed E-state index contributed by atoms with van der Waals surface area (Å²) in [5.41, 5.74) is 8.78. The fourth-order valence-electron chi connectivity index (χ4n) is 2.32. The van der Waals surface area contributed by atoms with Gasteiger partial charge >= 0.3 is 0 Å². The van der Waals surface area contributed by atoms with E-state index < -0.39 is 6.10 Å². The summed E-state index contributed by atoms with van der Waals surface area (Å²) in [6.07, 6.45) is -0.621. The van der Waals surface area contributed by atoms with E-state index in [4.69, 9.17) is 17.3 Å². The van der Waals surface area contributed by atoms with Gasteiger partial charge in [0.25, 0.3) is 0 Å². The minimum Gasteiger partial charge on any atom is -0.388 e. The van der Waals surface area contributed by atoms with Crippen LogP contribution in [0.1, 0.15) is 28.7 Å². The first-order chi connectivity index (χ1) is 9.13. The third-order valence-corrected chi connectivity index (χ3v) is 3.65. The molecule has 19 heavy (non-hydrogen) atoms. The maximum Gasteiger partial charge on any atom is 0.0873 e. The summed E-state index contributed by atoms with van der Waals surface area (Å²) in [4.78, 5) is 0. The molecule has 2 aromatic carbocycles. The molecule has 0 amide bonds. The summed E-state index contributed by atoms with van der Waals surface area (Å²) >= 11 is 6.01. The standard InChI is InChI=1S/C16H18ClNO/c1-11-5-2-3-8-14(11)16(19)15(10-18)12-6-4-7-13(17)9-12/h2-9,15-16,19H,10,18H2,1H3. The lowest BCUT2D eigenvalue weighted by Gasteiger charge is -2.23. The van der Waals surface area contributed by atoms with Gasteiger partial charge < -0.3 is 10.8 Å². The SMILES string of the molecule is Cc1ccccc1C(O)C(CN)c1cccc(Cl)c1. The van der Waals surface area contributed by atoms with E-state index in [2.05, 4.69) is 0 Å². The lowest BCUT2D eigenvalue weighted by Crippen LogP contribution is -2.20. The molecule has 0 spiro atoms. The lowest BCUT2D eigenvalue weighted by molar-refractivity contribution is 0.147. The van der Waals surface area contributed by atoms with E-state index in [1.165, 1.54) is 0 Å². The van der Waals surface area contributed by atoms with Crippen LogP contribution in [0, 0.1) is 6.92 Å². The first kappa shape index (κ1) is 14.1. The summed E-state index contributed by atoms with van der Waals surface area (Å²) in [6, 6.07) is 15.3. The van der Waals surface area contributed by atoms with E-state index in [9.17, 15) is 5.11 Å². The van der Waals surface area contributed by atoms with Crippen LogP contribution in [0.15, 0.2) is 48.5 Å². The fraction of sp³-hybridized carbons (Fsp3) is 0.250.